The summed E-state index contributed by atoms with van der Waals surface area (Å²) in [6.45, 7) is 4.83. The first-order chi connectivity index (χ1) is 9.23. The molecule has 0 spiro atoms. The lowest BCUT2D eigenvalue weighted by Crippen LogP contribution is -2.44. The molecule has 0 bridgehead atoms. The summed E-state index contributed by atoms with van der Waals surface area (Å²) >= 11 is 0. The topological polar surface area (TPSA) is 36.9 Å². The summed E-state index contributed by atoms with van der Waals surface area (Å²) < 4.78 is 22.4. The van der Waals surface area contributed by atoms with E-state index in [4.69, 9.17) is 18.3 Å². The van der Waals surface area contributed by atoms with Crippen LogP contribution in [0.5, 0.6) is 5.75 Å². The number of rotatable bonds is 7. The van der Waals surface area contributed by atoms with Crippen LogP contribution in [0.4, 0.5) is 0 Å². The molecule has 1 aliphatic heterocycles. The third-order valence-corrected chi connectivity index (χ3v) is 5.85. The fraction of sp³-hybridized carbons (Fsp3) is 0.571. The van der Waals surface area contributed by atoms with Gasteiger partial charge in [-0.3, -0.25) is 0 Å². The predicted octanol–water partition coefficient (Wildman–Crippen LogP) is 2.72. The second-order valence-corrected chi connectivity index (χ2v) is 8.10. The molecule has 0 saturated heterocycles. The van der Waals surface area contributed by atoms with Gasteiger partial charge in [0, 0.05) is 25.3 Å². The van der Waals surface area contributed by atoms with Crippen molar-refractivity contribution >= 4 is 8.56 Å². The van der Waals surface area contributed by atoms with Crippen LogP contribution >= 0.6 is 0 Å². The third kappa shape index (κ3) is 4.31. The molecule has 19 heavy (non-hydrogen) atoms. The standard InChI is InChI=1S/C14H22O4Si/c1-15-9-10-16-8-5-11-19(2)17-12-13-6-3-4-7-14(13)18-19/h3-4,6-7H,5,8-12H2,1-2H3. The molecule has 0 aliphatic carbocycles. The predicted molar refractivity (Wildman–Crippen MR) is 75.6 cm³/mol. The number of hydrogen-bond donors (Lipinski definition) is 0. The van der Waals surface area contributed by atoms with E-state index in [0.29, 0.717) is 19.8 Å². The monoisotopic (exact) mass is 282 g/mol. The zero-order valence-corrected chi connectivity index (χ0v) is 12.7. The Bertz CT molecular complexity index is 399. The Hall–Kier alpha value is -0.883. The summed E-state index contributed by atoms with van der Waals surface area (Å²) in [4.78, 5) is 0. The molecule has 4 nitrogen and oxygen atoms in total. The maximum Gasteiger partial charge on any atom is 0.396 e. The van der Waals surface area contributed by atoms with E-state index < -0.39 is 8.56 Å². The van der Waals surface area contributed by atoms with E-state index in [1.165, 1.54) is 0 Å². The second-order valence-electron chi connectivity index (χ2n) is 4.84. The molecule has 1 heterocycles. The van der Waals surface area contributed by atoms with Gasteiger partial charge in [-0.25, -0.2) is 0 Å². The highest BCUT2D eigenvalue weighted by atomic mass is 28.4. The first-order valence-corrected chi connectivity index (χ1v) is 9.23. The fourth-order valence-electron chi connectivity index (χ4n) is 2.08. The SMILES string of the molecule is COCCOCCC[Si]1(C)OCc2ccccc2O1. The minimum atomic E-state index is -2.07. The normalized spacial score (nSPS) is 21.8. The van der Waals surface area contributed by atoms with Gasteiger partial charge in [0.2, 0.25) is 0 Å². The van der Waals surface area contributed by atoms with Gasteiger partial charge in [-0.1, -0.05) is 18.2 Å². The zero-order valence-electron chi connectivity index (χ0n) is 11.7. The van der Waals surface area contributed by atoms with Crippen molar-refractivity contribution in [3.8, 4) is 5.75 Å². The molecule has 0 aromatic heterocycles. The minimum Gasteiger partial charge on any atom is -0.520 e. The minimum absolute atomic E-state index is 0.648. The Labute approximate surface area is 115 Å². The maximum absolute atomic E-state index is 6.08. The van der Waals surface area contributed by atoms with Gasteiger partial charge in [0.15, 0.2) is 0 Å². The number of methoxy groups -OCH3 is 1. The molecule has 1 aliphatic rings. The Balaban J connectivity index is 1.75. The van der Waals surface area contributed by atoms with Crippen LogP contribution in [0.2, 0.25) is 12.6 Å². The quantitative estimate of drug-likeness (QED) is 0.569. The average molecular weight is 282 g/mol. The molecule has 106 valence electrons. The van der Waals surface area contributed by atoms with E-state index in [2.05, 4.69) is 12.6 Å². The van der Waals surface area contributed by atoms with Gasteiger partial charge < -0.3 is 18.3 Å². The van der Waals surface area contributed by atoms with Crippen LogP contribution in [0, 0.1) is 0 Å². The lowest BCUT2D eigenvalue weighted by Gasteiger charge is -2.33. The van der Waals surface area contributed by atoms with Crippen LogP contribution < -0.4 is 4.43 Å². The van der Waals surface area contributed by atoms with E-state index >= 15 is 0 Å². The van der Waals surface area contributed by atoms with E-state index in [1.54, 1.807) is 7.11 Å². The number of ether oxygens (including phenoxy) is 2. The number of hydrogen-bond acceptors (Lipinski definition) is 4. The van der Waals surface area contributed by atoms with Crippen molar-refractivity contribution in [1.82, 2.24) is 0 Å². The summed E-state index contributed by atoms with van der Waals surface area (Å²) in [6, 6.07) is 9.05. The van der Waals surface area contributed by atoms with Gasteiger partial charge in [0.25, 0.3) is 0 Å². The molecule has 1 unspecified atom stereocenters. The summed E-state index contributed by atoms with van der Waals surface area (Å²) in [7, 11) is -0.389. The van der Waals surface area contributed by atoms with Crippen LogP contribution in [0.15, 0.2) is 24.3 Å². The van der Waals surface area contributed by atoms with Gasteiger partial charge in [-0.15, -0.1) is 0 Å². The number of para-hydroxylation sites is 1. The van der Waals surface area contributed by atoms with Crippen molar-refractivity contribution in [1.29, 1.82) is 0 Å². The third-order valence-electron chi connectivity index (χ3n) is 3.18. The summed E-state index contributed by atoms with van der Waals surface area (Å²) in [6.07, 6.45) is 0.967. The fourth-order valence-corrected chi connectivity index (χ4v) is 4.30. The average Bonchev–Trinajstić information content (AvgIpc) is 2.42. The van der Waals surface area contributed by atoms with Crippen molar-refractivity contribution in [3.63, 3.8) is 0 Å². The van der Waals surface area contributed by atoms with E-state index in [-0.39, 0.29) is 0 Å². The smallest absolute Gasteiger partial charge is 0.396 e. The Morgan fingerprint density at radius 1 is 1.21 bits per heavy atom. The molecule has 0 N–H and O–H groups in total. The van der Waals surface area contributed by atoms with E-state index in [0.717, 1.165) is 30.4 Å². The van der Waals surface area contributed by atoms with Gasteiger partial charge >= 0.3 is 8.56 Å². The maximum atomic E-state index is 6.08. The number of benzene rings is 1. The molecule has 0 saturated carbocycles. The molecular formula is C14H22O4Si. The van der Waals surface area contributed by atoms with Crippen LogP contribution in [-0.2, 0) is 20.5 Å². The largest absolute Gasteiger partial charge is 0.520 e. The highest BCUT2D eigenvalue weighted by Crippen LogP contribution is 2.31. The van der Waals surface area contributed by atoms with Crippen molar-refractivity contribution in [3.05, 3.63) is 29.8 Å². The van der Waals surface area contributed by atoms with E-state index in [9.17, 15) is 0 Å². The van der Waals surface area contributed by atoms with Gasteiger partial charge in [-0.2, -0.15) is 0 Å². The highest BCUT2D eigenvalue weighted by Gasteiger charge is 2.37. The van der Waals surface area contributed by atoms with Crippen molar-refractivity contribution in [2.24, 2.45) is 0 Å². The molecular weight excluding hydrogens is 260 g/mol. The molecule has 2 rings (SSSR count). The molecule has 5 heteroatoms. The first kappa shape index (κ1) is 14.5. The molecule has 0 fully saturated rings. The molecule has 1 aromatic rings. The summed E-state index contributed by atoms with van der Waals surface area (Å²) in [5.74, 6) is 0.989. The Morgan fingerprint density at radius 3 is 2.89 bits per heavy atom. The highest BCUT2D eigenvalue weighted by molar-refractivity contribution is 6.66. The first-order valence-electron chi connectivity index (χ1n) is 6.71. The molecule has 0 radical (unpaired) electrons. The van der Waals surface area contributed by atoms with Crippen molar-refractivity contribution in [2.75, 3.05) is 26.9 Å². The Kier molecular flexibility index (Phi) is 5.39. The van der Waals surface area contributed by atoms with E-state index in [1.807, 2.05) is 18.2 Å². The molecule has 1 atom stereocenters. The molecule has 0 amide bonds. The van der Waals surface area contributed by atoms with Crippen LogP contribution in [-0.4, -0.2) is 35.5 Å². The molecule has 1 aromatic carbocycles. The lowest BCUT2D eigenvalue weighted by atomic mass is 10.2. The van der Waals surface area contributed by atoms with Crippen LogP contribution in [0.25, 0.3) is 0 Å². The van der Waals surface area contributed by atoms with Gasteiger partial charge in [0.05, 0.1) is 19.8 Å². The zero-order chi connectivity index (χ0) is 13.6. The lowest BCUT2D eigenvalue weighted by molar-refractivity contribution is 0.0698. The summed E-state index contributed by atoms with van der Waals surface area (Å²) in [5.41, 5.74) is 1.14. The van der Waals surface area contributed by atoms with Crippen LogP contribution in [0.3, 0.4) is 0 Å². The van der Waals surface area contributed by atoms with Gasteiger partial charge in [0.1, 0.15) is 5.75 Å². The van der Waals surface area contributed by atoms with Crippen molar-refractivity contribution in [2.45, 2.75) is 25.6 Å². The van der Waals surface area contributed by atoms with Crippen LogP contribution in [0.1, 0.15) is 12.0 Å². The van der Waals surface area contributed by atoms with Gasteiger partial charge in [-0.05, 0) is 19.0 Å². The van der Waals surface area contributed by atoms with Crippen molar-refractivity contribution < 1.29 is 18.3 Å². The Morgan fingerprint density at radius 2 is 2.05 bits per heavy atom. The number of fused-ring (bicyclic) bond motifs is 1. The summed E-state index contributed by atoms with van der Waals surface area (Å²) in [5, 5.41) is 0. The second kappa shape index (κ2) is 7.05.